The first-order valence-electron chi connectivity index (χ1n) is 4.97. The Hall–Kier alpha value is 0.270. The molecular formula is C10H22O2S. The summed E-state index contributed by atoms with van der Waals surface area (Å²) in [6.07, 6.45) is 0.884. The van der Waals surface area contributed by atoms with E-state index in [-0.39, 0.29) is 0 Å². The lowest BCUT2D eigenvalue weighted by Gasteiger charge is -2.10. The standard InChI is InChI=1S/C10H22O2S/c1-9(2)8-12-6-7-13-10(3)4-5-11/h9-11H,4-8H2,1-3H3. The minimum atomic E-state index is 0.293. The average molecular weight is 206 g/mol. The largest absolute Gasteiger partial charge is 0.396 e. The highest BCUT2D eigenvalue weighted by molar-refractivity contribution is 7.99. The van der Waals surface area contributed by atoms with E-state index in [4.69, 9.17) is 9.84 Å². The van der Waals surface area contributed by atoms with Crippen molar-refractivity contribution < 1.29 is 9.84 Å². The third kappa shape index (κ3) is 10.2. The lowest BCUT2D eigenvalue weighted by atomic mass is 10.2. The molecule has 0 heterocycles. The molecule has 0 aliphatic carbocycles. The molecule has 1 N–H and O–H groups in total. The minimum absolute atomic E-state index is 0.293. The Morgan fingerprint density at radius 3 is 2.54 bits per heavy atom. The van der Waals surface area contributed by atoms with Crippen LogP contribution in [0.2, 0.25) is 0 Å². The number of aliphatic hydroxyl groups is 1. The monoisotopic (exact) mass is 206 g/mol. The molecule has 0 aromatic carbocycles. The SMILES string of the molecule is CC(C)COCCSC(C)CCO. The summed E-state index contributed by atoms with van der Waals surface area (Å²) >= 11 is 1.87. The molecule has 1 unspecified atom stereocenters. The highest BCUT2D eigenvalue weighted by Crippen LogP contribution is 2.12. The van der Waals surface area contributed by atoms with Crippen molar-refractivity contribution in [1.29, 1.82) is 0 Å². The maximum atomic E-state index is 8.67. The maximum Gasteiger partial charge on any atom is 0.0556 e. The molecule has 0 aromatic rings. The van der Waals surface area contributed by atoms with E-state index in [1.165, 1.54) is 0 Å². The summed E-state index contributed by atoms with van der Waals surface area (Å²) in [5.74, 6) is 1.66. The Bertz CT molecular complexity index is 107. The highest BCUT2D eigenvalue weighted by atomic mass is 32.2. The summed E-state index contributed by atoms with van der Waals surface area (Å²) in [5.41, 5.74) is 0. The van der Waals surface area contributed by atoms with Crippen molar-refractivity contribution in [3.05, 3.63) is 0 Å². The van der Waals surface area contributed by atoms with Gasteiger partial charge >= 0.3 is 0 Å². The van der Waals surface area contributed by atoms with Gasteiger partial charge in [0.1, 0.15) is 0 Å². The van der Waals surface area contributed by atoms with Gasteiger partial charge in [0.05, 0.1) is 6.61 Å². The maximum absolute atomic E-state index is 8.67. The first kappa shape index (κ1) is 13.3. The Balaban J connectivity index is 3.06. The number of aliphatic hydroxyl groups excluding tert-OH is 1. The summed E-state index contributed by atoms with van der Waals surface area (Å²) in [4.78, 5) is 0. The zero-order valence-electron chi connectivity index (χ0n) is 8.95. The van der Waals surface area contributed by atoms with Crippen molar-refractivity contribution in [1.82, 2.24) is 0 Å². The van der Waals surface area contributed by atoms with Crippen molar-refractivity contribution in [2.45, 2.75) is 32.4 Å². The second-order valence-corrected chi connectivity index (χ2v) is 5.21. The summed E-state index contributed by atoms with van der Waals surface area (Å²) in [6.45, 7) is 8.43. The van der Waals surface area contributed by atoms with Crippen LogP contribution in [0.3, 0.4) is 0 Å². The summed E-state index contributed by atoms with van der Waals surface area (Å²) in [5, 5.41) is 9.22. The molecule has 13 heavy (non-hydrogen) atoms. The van der Waals surface area contributed by atoms with E-state index in [1.54, 1.807) is 0 Å². The van der Waals surface area contributed by atoms with Crippen LogP contribution in [0.5, 0.6) is 0 Å². The Kier molecular flexibility index (Phi) is 9.03. The third-order valence-corrected chi connectivity index (χ3v) is 2.82. The quantitative estimate of drug-likeness (QED) is 0.617. The van der Waals surface area contributed by atoms with Crippen LogP contribution in [0.15, 0.2) is 0 Å². The van der Waals surface area contributed by atoms with Gasteiger partial charge in [0, 0.05) is 24.2 Å². The zero-order valence-corrected chi connectivity index (χ0v) is 9.77. The number of ether oxygens (including phenoxy) is 1. The molecule has 0 amide bonds. The number of rotatable bonds is 8. The van der Waals surface area contributed by atoms with E-state index in [0.29, 0.717) is 17.8 Å². The van der Waals surface area contributed by atoms with Gasteiger partial charge in [-0.3, -0.25) is 0 Å². The van der Waals surface area contributed by atoms with Crippen molar-refractivity contribution in [2.24, 2.45) is 5.92 Å². The van der Waals surface area contributed by atoms with Crippen LogP contribution in [-0.2, 0) is 4.74 Å². The van der Waals surface area contributed by atoms with Crippen molar-refractivity contribution in [3.8, 4) is 0 Å². The van der Waals surface area contributed by atoms with E-state index >= 15 is 0 Å². The van der Waals surface area contributed by atoms with Gasteiger partial charge in [-0.15, -0.1) is 0 Å². The highest BCUT2D eigenvalue weighted by Gasteiger charge is 2.01. The second kappa shape index (κ2) is 8.85. The van der Waals surface area contributed by atoms with E-state index in [0.717, 1.165) is 25.4 Å². The Morgan fingerprint density at radius 2 is 2.00 bits per heavy atom. The molecule has 0 aliphatic heterocycles. The molecule has 2 nitrogen and oxygen atoms in total. The molecule has 0 fully saturated rings. The molecule has 0 rings (SSSR count). The van der Waals surface area contributed by atoms with E-state index in [2.05, 4.69) is 20.8 Å². The summed E-state index contributed by atoms with van der Waals surface area (Å²) < 4.78 is 5.44. The van der Waals surface area contributed by atoms with Crippen LogP contribution >= 0.6 is 11.8 Å². The van der Waals surface area contributed by atoms with E-state index in [9.17, 15) is 0 Å². The molecule has 0 saturated heterocycles. The first-order chi connectivity index (χ1) is 6.16. The number of hydrogen-bond donors (Lipinski definition) is 1. The van der Waals surface area contributed by atoms with Gasteiger partial charge in [0.25, 0.3) is 0 Å². The van der Waals surface area contributed by atoms with Crippen molar-refractivity contribution >= 4 is 11.8 Å². The second-order valence-electron chi connectivity index (χ2n) is 3.66. The normalized spacial score (nSPS) is 13.6. The van der Waals surface area contributed by atoms with Gasteiger partial charge in [-0.1, -0.05) is 20.8 Å². The lowest BCUT2D eigenvalue weighted by Crippen LogP contribution is -2.07. The topological polar surface area (TPSA) is 29.5 Å². The summed E-state index contributed by atoms with van der Waals surface area (Å²) in [6, 6.07) is 0. The van der Waals surface area contributed by atoms with Gasteiger partial charge < -0.3 is 9.84 Å². The Morgan fingerprint density at radius 1 is 1.31 bits per heavy atom. The molecule has 80 valence electrons. The molecule has 3 heteroatoms. The number of hydrogen-bond acceptors (Lipinski definition) is 3. The third-order valence-electron chi connectivity index (χ3n) is 1.62. The van der Waals surface area contributed by atoms with Crippen molar-refractivity contribution in [2.75, 3.05) is 25.6 Å². The Labute approximate surface area is 86.1 Å². The van der Waals surface area contributed by atoms with Gasteiger partial charge in [0.2, 0.25) is 0 Å². The van der Waals surface area contributed by atoms with Crippen LogP contribution < -0.4 is 0 Å². The molecule has 0 spiro atoms. The lowest BCUT2D eigenvalue weighted by molar-refractivity contribution is 0.124. The predicted molar refractivity (Wildman–Crippen MR) is 59.3 cm³/mol. The average Bonchev–Trinajstić information content (AvgIpc) is 2.03. The van der Waals surface area contributed by atoms with Crippen LogP contribution in [0.1, 0.15) is 27.2 Å². The molecular weight excluding hydrogens is 184 g/mol. The van der Waals surface area contributed by atoms with Crippen LogP contribution in [-0.4, -0.2) is 35.9 Å². The van der Waals surface area contributed by atoms with Crippen LogP contribution in [0.25, 0.3) is 0 Å². The minimum Gasteiger partial charge on any atom is -0.396 e. The van der Waals surface area contributed by atoms with Crippen molar-refractivity contribution in [3.63, 3.8) is 0 Å². The molecule has 1 atom stereocenters. The molecule has 0 aromatic heterocycles. The number of thioether (sulfide) groups is 1. The predicted octanol–water partition coefficient (Wildman–Crippen LogP) is 2.16. The van der Waals surface area contributed by atoms with Crippen LogP contribution in [0, 0.1) is 5.92 Å². The molecule has 0 bridgehead atoms. The smallest absolute Gasteiger partial charge is 0.0556 e. The fourth-order valence-electron chi connectivity index (χ4n) is 0.892. The molecule has 0 saturated carbocycles. The van der Waals surface area contributed by atoms with Gasteiger partial charge in [-0.05, 0) is 12.3 Å². The van der Waals surface area contributed by atoms with Gasteiger partial charge in [-0.2, -0.15) is 11.8 Å². The zero-order chi connectivity index (χ0) is 10.1. The van der Waals surface area contributed by atoms with E-state index < -0.39 is 0 Å². The fourth-order valence-corrected chi connectivity index (χ4v) is 1.78. The van der Waals surface area contributed by atoms with Gasteiger partial charge in [0.15, 0.2) is 0 Å². The van der Waals surface area contributed by atoms with Gasteiger partial charge in [-0.25, -0.2) is 0 Å². The fraction of sp³-hybridized carbons (Fsp3) is 1.00. The molecule has 0 radical (unpaired) electrons. The van der Waals surface area contributed by atoms with Crippen LogP contribution in [0.4, 0.5) is 0 Å². The van der Waals surface area contributed by atoms with E-state index in [1.807, 2.05) is 11.8 Å². The first-order valence-corrected chi connectivity index (χ1v) is 6.02. The molecule has 0 aliphatic rings. The summed E-state index contributed by atoms with van der Waals surface area (Å²) in [7, 11) is 0.